The lowest BCUT2D eigenvalue weighted by atomic mass is 9.46. The van der Waals surface area contributed by atoms with Crippen molar-refractivity contribution in [2.24, 2.45) is 40.4 Å². The Morgan fingerprint density at radius 1 is 0.689 bits per heavy atom. The normalized spacial score (nSPS) is 58.4. The van der Waals surface area contributed by atoms with Crippen LogP contribution in [0.2, 0.25) is 0 Å². The van der Waals surface area contributed by atoms with Crippen LogP contribution in [0.1, 0.15) is 92.9 Å². The predicted octanol–water partition coefficient (Wildman–Crippen LogP) is 1.16. The third-order valence-electron chi connectivity index (χ3n) is 17.5. The second-order valence-corrected chi connectivity index (χ2v) is 20.7. The largest absolute Gasteiger partial charge is 0.388 e. The van der Waals surface area contributed by atoms with Crippen molar-refractivity contribution in [1.29, 1.82) is 0 Å². The topological polar surface area (TPSA) is 236 Å². The van der Waals surface area contributed by atoms with Gasteiger partial charge in [0.05, 0.1) is 43.2 Å². The molecule has 346 valence electrons. The Morgan fingerprint density at radius 3 is 1.92 bits per heavy atom. The van der Waals surface area contributed by atoms with E-state index in [1.54, 1.807) is 13.8 Å². The maximum atomic E-state index is 11.6. The second-order valence-electron chi connectivity index (χ2n) is 20.7. The molecule has 1 spiro atoms. The highest BCUT2D eigenvalue weighted by molar-refractivity contribution is 5.29. The molecular weight excluding hydrogens is 796 g/mol. The first kappa shape index (κ1) is 45.0. The third kappa shape index (κ3) is 7.17. The van der Waals surface area contributed by atoms with Crippen molar-refractivity contribution in [2.45, 2.75) is 209 Å². The van der Waals surface area contributed by atoms with Crippen LogP contribution in [0.5, 0.6) is 0 Å². The zero-order valence-corrected chi connectivity index (χ0v) is 36.3. The van der Waals surface area contributed by atoms with E-state index in [4.69, 9.17) is 37.9 Å². The highest BCUT2D eigenvalue weighted by Gasteiger charge is 2.70. The summed E-state index contributed by atoms with van der Waals surface area (Å²) in [4.78, 5) is 0. The number of hydrogen-bond donors (Lipinski definition) is 8. The van der Waals surface area contributed by atoms with Crippen molar-refractivity contribution >= 4 is 0 Å². The average Bonchev–Trinajstić information content (AvgIpc) is 3.67. The van der Waals surface area contributed by atoms with Gasteiger partial charge in [-0.2, -0.15) is 0 Å². The fourth-order valence-electron chi connectivity index (χ4n) is 13.8. The van der Waals surface area contributed by atoms with E-state index in [9.17, 15) is 40.9 Å². The number of rotatable bonds is 6. The van der Waals surface area contributed by atoms with Crippen molar-refractivity contribution in [3.63, 3.8) is 0 Å². The van der Waals surface area contributed by atoms with Crippen molar-refractivity contribution in [2.75, 3.05) is 6.61 Å². The molecule has 4 aliphatic carbocycles. The number of fused-ring (bicyclic) bond motifs is 7. The zero-order valence-electron chi connectivity index (χ0n) is 36.3. The van der Waals surface area contributed by atoms with Crippen molar-refractivity contribution in [3.8, 4) is 0 Å². The van der Waals surface area contributed by atoms with E-state index in [-0.39, 0.29) is 23.4 Å². The minimum absolute atomic E-state index is 0.0265. The Hall–Kier alpha value is -1.16. The molecule has 0 radical (unpaired) electrons. The van der Waals surface area contributed by atoms with Crippen molar-refractivity contribution < 1.29 is 78.7 Å². The number of ether oxygens (including phenoxy) is 8. The summed E-state index contributed by atoms with van der Waals surface area (Å²) in [6.07, 6.45) is -12.4. The molecule has 0 bridgehead atoms. The molecule has 5 heterocycles. The Kier molecular flexibility index (Phi) is 12.0. The van der Waals surface area contributed by atoms with E-state index in [0.29, 0.717) is 37.2 Å². The summed E-state index contributed by atoms with van der Waals surface area (Å²) in [6.45, 7) is 16.5. The molecule has 0 aromatic rings. The maximum absolute atomic E-state index is 11.6. The van der Waals surface area contributed by atoms with Crippen LogP contribution in [0, 0.1) is 40.4 Å². The minimum atomic E-state index is -1.68. The Balaban J connectivity index is 1.02. The maximum Gasteiger partial charge on any atom is 0.187 e. The van der Waals surface area contributed by atoms with Gasteiger partial charge in [0, 0.05) is 24.2 Å². The summed E-state index contributed by atoms with van der Waals surface area (Å²) in [5, 5.41) is 86.5. The van der Waals surface area contributed by atoms with E-state index in [2.05, 4.69) is 33.4 Å². The lowest BCUT2D eigenvalue weighted by molar-refractivity contribution is -0.373. The van der Waals surface area contributed by atoms with Gasteiger partial charge >= 0.3 is 0 Å². The van der Waals surface area contributed by atoms with Crippen LogP contribution in [0.3, 0.4) is 0 Å². The Labute approximate surface area is 358 Å². The molecule has 16 nitrogen and oxygen atoms in total. The molecule has 16 heteroatoms. The van der Waals surface area contributed by atoms with Crippen molar-refractivity contribution in [3.05, 3.63) is 23.8 Å². The number of allylic oxidation sites excluding steroid dienone is 1. The zero-order chi connectivity index (χ0) is 43.7. The molecule has 9 aliphatic rings. The monoisotopic (exact) mass is 866 g/mol. The predicted molar refractivity (Wildman–Crippen MR) is 213 cm³/mol. The van der Waals surface area contributed by atoms with Gasteiger partial charge in [0.1, 0.15) is 54.9 Å². The van der Waals surface area contributed by atoms with Gasteiger partial charge in [0.15, 0.2) is 24.7 Å². The first-order valence-corrected chi connectivity index (χ1v) is 22.8. The lowest BCUT2D eigenvalue weighted by Crippen LogP contribution is -2.65. The second kappa shape index (κ2) is 16.3. The van der Waals surface area contributed by atoms with Crippen LogP contribution >= 0.6 is 0 Å². The molecule has 61 heavy (non-hydrogen) atoms. The summed E-state index contributed by atoms with van der Waals surface area (Å²) in [7, 11) is 0. The molecule has 8 fully saturated rings. The van der Waals surface area contributed by atoms with Crippen LogP contribution in [-0.2, 0) is 37.9 Å². The Bertz CT molecular complexity index is 1650. The molecule has 3 unspecified atom stereocenters. The summed E-state index contributed by atoms with van der Waals surface area (Å²) < 4.78 is 51.2. The smallest absolute Gasteiger partial charge is 0.187 e. The van der Waals surface area contributed by atoms with Crippen LogP contribution in [-0.4, -0.2) is 164 Å². The van der Waals surface area contributed by atoms with Crippen LogP contribution in [0.25, 0.3) is 0 Å². The van der Waals surface area contributed by atoms with Gasteiger partial charge < -0.3 is 78.7 Å². The number of hydrogen-bond acceptors (Lipinski definition) is 16. The molecule has 0 aromatic carbocycles. The van der Waals surface area contributed by atoms with Gasteiger partial charge in [-0.3, -0.25) is 0 Å². The highest BCUT2D eigenvalue weighted by Crippen LogP contribution is 2.71. The quantitative estimate of drug-likeness (QED) is 0.175. The molecule has 5 saturated heterocycles. The fraction of sp³-hybridized carbons (Fsp3) is 0.911. The minimum Gasteiger partial charge on any atom is -0.388 e. The van der Waals surface area contributed by atoms with Crippen LogP contribution in [0.15, 0.2) is 23.8 Å². The number of aliphatic hydroxyl groups is 8. The van der Waals surface area contributed by atoms with Gasteiger partial charge in [-0.05, 0) is 88.4 Å². The molecule has 0 aromatic heterocycles. The first-order valence-electron chi connectivity index (χ1n) is 22.8. The Morgan fingerprint density at radius 2 is 1.30 bits per heavy atom. The molecule has 8 N–H and O–H groups in total. The van der Waals surface area contributed by atoms with E-state index in [1.807, 2.05) is 0 Å². The van der Waals surface area contributed by atoms with Gasteiger partial charge in [-0.15, -0.1) is 0 Å². The number of aliphatic hydroxyl groups excluding tert-OH is 8. The van der Waals surface area contributed by atoms with Crippen molar-refractivity contribution in [1.82, 2.24) is 0 Å². The van der Waals surface area contributed by atoms with E-state index >= 15 is 0 Å². The van der Waals surface area contributed by atoms with Gasteiger partial charge in [0.25, 0.3) is 0 Å². The molecule has 26 atom stereocenters. The lowest BCUT2D eigenvalue weighted by Gasteiger charge is -2.61. The standard InChI is InChI=1S/C45H70O16/c1-18-10-13-45(54-17-18)19(2)30-28(61-45)16-27-25-9-8-23-14-24(58-40-37(52)34(49)31(46)20(3)55-40)15-29(44(23,7)26(25)11-12-43(27,30)6)59-42-39(36(51)33(48)22(5)57-42)60-41-38(53)35(50)32(47)21(4)56-41/h8,19-22,24-42,46-53H,1,9-17H2,2-7H3/t19-,20-,21-,22+,24+,25?,26?,27?,28-,29+,30-,31-,32-,33-,34+,35+,36-,37+,38+,39+,40-,41-,42-,43-,44-,45+/m0/s1. The average molecular weight is 867 g/mol. The summed E-state index contributed by atoms with van der Waals surface area (Å²) in [6, 6.07) is 0. The first-order chi connectivity index (χ1) is 28.8. The SMILES string of the molecule is C=C1CC[C@@]2(OC1)O[C@H]1CC3C4CC=C5C[C@@H](O[C@@H]6O[C@@H](C)[C@H](O)[C@@H](O)[C@H]6O)C[C@@H](O[C@@H]6O[C@H](C)[C@H](O)[C@H](O)[C@H]6O[C@@H]6O[C@@H](C)[C@H](O)[C@@H](O)[C@H]6O)[C@]5(C)C4CC[C@]3(C)[C@H]1[C@@H]2C. The van der Waals surface area contributed by atoms with Gasteiger partial charge in [-0.1, -0.05) is 44.6 Å². The fourth-order valence-corrected chi connectivity index (χ4v) is 13.8. The van der Waals surface area contributed by atoms with Gasteiger partial charge in [-0.25, -0.2) is 0 Å². The third-order valence-corrected chi connectivity index (χ3v) is 17.5. The van der Waals surface area contributed by atoms with Crippen LogP contribution < -0.4 is 0 Å². The van der Waals surface area contributed by atoms with E-state index in [0.717, 1.165) is 49.7 Å². The highest BCUT2D eigenvalue weighted by atomic mass is 16.8. The molecule has 5 aliphatic heterocycles. The molecule has 3 saturated carbocycles. The summed E-state index contributed by atoms with van der Waals surface area (Å²) in [5.74, 6) is 0.839. The van der Waals surface area contributed by atoms with Crippen LogP contribution in [0.4, 0.5) is 0 Å². The summed E-state index contributed by atoms with van der Waals surface area (Å²) >= 11 is 0. The van der Waals surface area contributed by atoms with E-state index in [1.165, 1.54) is 6.92 Å². The summed E-state index contributed by atoms with van der Waals surface area (Å²) in [5.41, 5.74) is 1.68. The molecule has 9 rings (SSSR count). The molecule has 0 amide bonds. The molecular formula is C45H70O16. The van der Waals surface area contributed by atoms with E-state index < -0.39 is 116 Å². The van der Waals surface area contributed by atoms with Gasteiger partial charge in [0.2, 0.25) is 0 Å².